The highest BCUT2D eigenvalue weighted by Crippen LogP contribution is 2.22. The van der Waals surface area contributed by atoms with Crippen molar-refractivity contribution in [3.8, 4) is 5.75 Å². The first kappa shape index (κ1) is 13.3. The molecule has 0 heterocycles. The average Bonchev–Trinajstić information content (AvgIpc) is 2.40. The van der Waals surface area contributed by atoms with E-state index in [9.17, 15) is 8.78 Å². The van der Waals surface area contributed by atoms with Gasteiger partial charge in [0.2, 0.25) is 0 Å². The number of benzene rings is 2. The molecule has 2 nitrogen and oxygen atoms in total. The molecular formula is C15H15F2NO. The third-order valence-corrected chi connectivity index (χ3v) is 2.86. The molecule has 4 heteroatoms. The molecule has 19 heavy (non-hydrogen) atoms. The molecule has 0 aliphatic rings. The summed E-state index contributed by atoms with van der Waals surface area (Å²) in [6, 6.07) is 9.80. The molecule has 2 rings (SSSR count). The summed E-state index contributed by atoms with van der Waals surface area (Å²) in [7, 11) is 1.58. The summed E-state index contributed by atoms with van der Waals surface area (Å²) in [5.41, 5.74) is 2.12. The fourth-order valence-corrected chi connectivity index (χ4v) is 1.88. The summed E-state index contributed by atoms with van der Waals surface area (Å²) in [6.07, 6.45) is 0. The van der Waals surface area contributed by atoms with E-state index in [1.54, 1.807) is 7.11 Å². The molecule has 100 valence electrons. The lowest BCUT2D eigenvalue weighted by molar-refractivity contribution is 0.410. The second-order valence-electron chi connectivity index (χ2n) is 4.27. The molecule has 0 bridgehead atoms. The van der Waals surface area contributed by atoms with Gasteiger partial charge in [-0.15, -0.1) is 0 Å². The Balaban J connectivity index is 2.18. The van der Waals surface area contributed by atoms with Gasteiger partial charge in [-0.3, -0.25) is 0 Å². The second kappa shape index (κ2) is 5.69. The standard InChI is InChI=1S/C15H15F2NO/c1-10-6-7-14(19-2)11(8-10)9-18-13-5-3-4-12(16)15(13)17/h3-8,18H,9H2,1-2H3. The van der Waals surface area contributed by atoms with Crippen LogP contribution in [0, 0.1) is 18.6 Å². The Morgan fingerprint density at radius 3 is 2.68 bits per heavy atom. The van der Waals surface area contributed by atoms with Gasteiger partial charge in [0.05, 0.1) is 12.8 Å². The Kier molecular flexibility index (Phi) is 4.00. The van der Waals surface area contributed by atoms with Crippen molar-refractivity contribution in [3.63, 3.8) is 0 Å². The summed E-state index contributed by atoms with van der Waals surface area (Å²) >= 11 is 0. The number of rotatable bonds is 4. The summed E-state index contributed by atoms with van der Waals surface area (Å²) in [5, 5.41) is 2.88. The molecule has 1 N–H and O–H groups in total. The molecule has 0 atom stereocenters. The van der Waals surface area contributed by atoms with Crippen LogP contribution < -0.4 is 10.1 Å². The van der Waals surface area contributed by atoms with Crippen LogP contribution in [-0.2, 0) is 6.54 Å². The van der Waals surface area contributed by atoms with Crippen molar-refractivity contribution in [1.29, 1.82) is 0 Å². The lowest BCUT2D eigenvalue weighted by Gasteiger charge is -2.12. The van der Waals surface area contributed by atoms with Gasteiger partial charge < -0.3 is 10.1 Å². The lowest BCUT2D eigenvalue weighted by atomic mass is 10.1. The highest BCUT2D eigenvalue weighted by molar-refractivity contribution is 5.47. The highest BCUT2D eigenvalue weighted by atomic mass is 19.2. The maximum atomic E-state index is 13.5. The van der Waals surface area contributed by atoms with Crippen molar-refractivity contribution in [1.82, 2.24) is 0 Å². The number of ether oxygens (including phenoxy) is 1. The van der Waals surface area contributed by atoms with Gasteiger partial charge in [-0.05, 0) is 25.1 Å². The van der Waals surface area contributed by atoms with E-state index in [-0.39, 0.29) is 5.69 Å². The van der Waals surface area contributed by atoms with Crippen molar-refractivity contribution in [2.75, 3.05) is 12.4 Å². The minimum atomic E-state index is -0.867. The molecule has 0 saturated heterocycles. The van der Waals surface area contributed by atoms with Crippen molar-refractivity contribution < 1.29 is 13.5 Å². The molecule has 0 unspecified atom stereocenters. The first-order valence-electron chi connectivity index (χ1n) is 5.93. The number of hydrogen-bond acceptors (Lipinski definition) is 2. The fraction of sp³-hybridized carbons (Fsp3) is 0.200. The number of aryl methyl sites for hydroxylation is 1. The van der Waals surface area contributed by atoms with Crippen molar-refractivity contribution in [2.24, 2.45) is 0 Å². The van der Waals surface area contributed by atoms with Gasteiger partial charge in [0.25, 0.3) is 0 Å². The van der Waals surface area contributed by atoms with Crippen LogP contribution in [0.4, 0.5) is 14.5 Å². The van der Waals surface area contributed by atoms with Crippen LogP contribution >= 0.6 is 0 Å². The van der Waals surface area contributed by atoms with Crippen LogP contribution in [0.2, 0.25) is 0 Å². The van der Waals surface area contributed by atoms with Crippen molar-refractivity contribution >= 4 is 5.69 Å². The third-order valence-electron chi connectivity index (χ3n) is 2.86. The first-order chi connectivity index (χ1) is 9.11. The minimum absolute atomic E-state index is 0.142. The SMILES string of the molecule is COc1ccc(C)cc1CNc1cccc(F)c1F. The second-order valence-corrected chi connectivity index (χ2v) is 4.27. The van der Waals surface area contributed by atoms with E-state index in [0.29, 0.717) is 6.54 Å². The van der Waals surface area contributed by atoms with Crippen LogP contribution in [0.15, 0.2) is 36.4 Å². The maximum Gasteiger partial charge on any atom is 0.181 e. The van der Waals surface area contributed by atoms with E-state index in [1.807, 2.05) is 25.1 Å². The fourth-order valence-electron chi connectivity index (χ4n) is 1.88. The number of nitrogens with one attached hydrogen (secondary N) is 1. The molecule has 0 aromatic heterocycles. The zero-order valence-electron chi connectivity index (χ0n) is 10.8. The van der Waals surface area contributed by atoms with Crippen molar-refractivity contribution in [2.45, 2.75) is 13.5 Å². The van der Waals surface area contributed by atoms with Crippen LogP contribution in [-0.4, -0.2) is 7.11 Å². The van der Waals surface area contributed by atoms with Gasteiger partial charge in [0, 0.05) is 12.1 Å². The zero-order chi connectivity index (χ0) is 13.8. The summed E-state index contributed by atoms with van der Waals surface area (Å²) in [6.45, 7) is 2.33. The molecule has 2 aromatic carbocycles. The lowest BCUT2D eigenvalue weighted by Crippen LogP contribution is -2.04. The first-order valence-corrected chi connectivity index (χ1v) is 5.93. The van der Waals surface area contributed by atoms with E-state index in [4.69, 9.17) is 4.74 Å². The quantitative estimate of drug-likeness (QED) is 0.903. The Labute approximate surface area is 111 Å². The number of hydrogen-bond donors (Lipinski definition) is 1. The molecule has 2 aromatic rings. The number of methoxy groups -OCH3 is 1. The van der Waals surface area contributed by atoms with Crippen LogP contribution in [0.5, 0.6) is 5.75 Å². The van der Waals surface area contributed by atoms with Gasteiger partial charge in [0.1, 0.15) is 5.75 Å². The largest absolute Gasteiger partial charge is 0.496 e. The van der Waals surface area contributed by atoms with E-state index in [1.165, 1.54) is 12.1 Å². The Morgan fingerprint density at radius 1 is 1.16 bits per heavy atom. The Morgan fingerprint density at radius 2 is 1.95 bits per heavy atom. The van der Waals surface area contributed by atoms with E-state index in [0.717, 1.165) is 22.9 Å². The number of anilines is 1. The number of halogens is 2. The normalized spacial score (nSPS) is 10.3. The predicted molar refractivity (Wildman–Crippen MR) is 71.4 cm³/mol. The van der Waals surface area contributed by atoms with E-state index >= 15 is 0 Å². The van der Waals surface area contributed by atoms with E-state index < -0.39 is 11.6 Å². The van der Waals surface area contributed by atoms with Gasteiger partial charge >= 0.3 is 0 Å². The summed E-state index contributed by atoms with van der Waals surface area (Å²) < 4.78 is 31.8. The molecular weight excluding hydrogens is 248 g/mol. The average molecular weight is 263 g/mol. The molecule has 0 spiro atoms. The maximum absolute atomic E-state index is 13.5. The Bertz CT molecular complexity index is 584. The topological polar surface area (TPSA) is 21.3 Å². The zero-order valence-corrected chi connectivity index (χ0v) is 10.8. The third kappa shape index (κ3) is 3.02. The van der Waals surface area contributed by atoms with Gasteiger partial charge in [-0.2, -0.15) is 0 Å². The van der Waals surface area contributed by atoms with Crippen molar-refractivity contribution in [3.05, 3.63) is 59.2 Å². The molecule has 0 fully saturated rings. The van der Waals surface area contributed by atoms with Gasteiger partial charge in [-0.25, -0.2) is 8.78 Å². The summed E-state index contributed by atoms with van der Waals surface area (Å²) in [4.78, 5) is 0. The van der Waals surface area contributed by atoms with Gasteiger partial charge in [0.15, 0.2) is 11.6 Å². The van der Waals surface area contributed by atoms with E-state index in [2.05, 4.69) is 5.32 Å². The smallest absolute Gasteiger partial charge is 0.181 e. The molecule has 0 aliphatic heterocycles. The summed E-state index contributed by atoms with van der Waals surface area (Å²) in [5.74, 6) is -1.01. The van der Waals surface area contributed by atoms with Crippen LogP contribution in [0.1, 0.15) is 11.1 Å². The Hall–Kier alpha value is -2.10. The van der Waals surface area contributed by atoms with Crippen LogP contribution in [0.25, 0.3) is 0 Å². The minimum Gasteiger partial charge on any atom is -0.496 e. The molecule has 0 aliphatic carbocycles. The monoisotopic (exact) mass is 263 g/mol. The molecule has 0 amide bonds. The molecule has 0 radical (unpaired) electrons. The molecule has 0 saturated carbocycles. The van der Waals surface area contributed by atoms with Crippen LogP contribution in [0.3, 0.4) is 0 Å². The van der Waals surface area contributed by atoms with Gasteiger partial charge in [-0.1, -0.05) is 23.8 Å². The predicted octanol–water partition coefficient (Wildman–Crippen LogP) is 3.89. The highest BCUT2D eigenvalue weighted by Gasteiger charge is 2.08.